The molecule has 0 aromatic carbocycles. The van der Waals surface area contributed by atoms with E-state index >= 15 is 0 Å². The van der Waals surface area contributed by atoms with Crippen LogP contribution in [0.5, 0.6) is 5.88 Å². The molecule has 0 aliphatic rings. The lowest BCUT2D eigenvalue weighted by Gasteiger charge is -2.15. The van der Waals surface area contributed by atoms with Crippen LogP contribution in [-0.4, -0.2) is 34.6 Å². The summed E-state index contributed by atoms with van der Waals surface area (Å²) in [4.78, 5) is 8.02. The number of nitrogens with one attached hydrogen (secondary N) is 1. The van der Waals surface area contributed by atoms with Gasteiger partial charge in [0.1, 0.15) is 12.0 Å². The first-order valence-corrected chi connectivity index (χ1v) is 6.33. The predicted molar refractivity (Wildman–Crippen MR) is 69.1 cm³/mol. The molecule has 0 fully saturated rings. The highest BCUT2D eigenvalue weighted by Gasteiger charge is 2.10. The monoisotopic (exact) mass is 242 g/mol. The number of nitrogen functional groups attached to an aromatic ring is 1. The average molecular weight is 242 g/mol. The second kappa shape index (κ2) is 6.42. The van der Waals surface area contributed by atoms with E-state index in [4.69, 9.17) is 10.5 Å². The molecule has 0 saturated carbocycles. The third kappa shape index (κ3) is 3.44. The Hall–Kier alpha value is -1.17. The Morgan fingerprint density at radius 1 is 1.56 bits per heavy atom. The number of hydrogen-bond acceptors (Lipinski definition) is 6. The van der Waals surface area contributed by atoms with Crippen molar-refractivity contribution >= 4 is 23.3 Å². The summed E-state index contributed by atoms with van der Waals surface area (Å²) in [5.41, 5.74) is 6.31. The molecule has 3 N–H and O–H groups in total. The molecule has 0 amide bonds. The number of nitrogens with two attached hydrogens (primary N) is 1. The van der Waals surface area contributed by atoms with E-state index < -0.39 is 0 Å². The number of thioether (sulfide) groups is 1. The molecule has 0 aliphatic carbocycles. The van der Waals surface area contributed by atoms with E-state index in [2.05, 4.69) is 29.1 Å². The summed E-state index contributed by atoms with van der Waals surface area (Å²) in [5.74, 6) is 3.17. The van der Waals surface area contributed by atoms with Gasteiger partial charge in [-0.1, -0.05) is 6.92 Å². The second-order valence-electron chi connectivity index (χ2n) is 3.35. The lowest BCUT2D eigenvalue weighted by molar-refractivity contribution is 0.399. The molecule has 1 rings (SSSR count). The topological polar surface area (TPSA) is 73.1 Å². The van der Waals surface area contributed by atoms with Crippen molar-refractivity contribution in [3.8, 4) is 5.88 Å². The molecule has 16 heavy (non-hydrogen) atoms. The van der Waals surface area contributed by atoms with Crippen molar-refractivity contribution in [3.05, 3.63) is 6.33 Å². The maximum absolute atomic E-state index is 5.85. The van der Waals surface area contributed by atoms with Crippen LogP contribution in [0.2, 0.25) is 0 Å². The van der Waals surface area contributed by atoms with Crippen LogP contribution in [0.15, 0.2) is 6.33 Å². The lowest BCUT2D eigenvalue weighted by Crippen LogP contribution is -2.20. The number of hydrogen-bond donors (Lipinski definition) is 2. The summed E-state index contributed by atoms with van der Waals surface area (Å²) in [7, 11) is 1.54. The summed E-state index contributed by atoms with van der Waals surface area (Å²) in [6.07, 6.45) is 1.44. The molecule has 1 atom stereocenters. The fourth-order valence-electron chi connectivity index (χ4n) is 1.23. The van der Waals surface area contributed by atoms with Crippen LogP contribution in [0, 0.1) is 0 Å². The number of aromatic nitrogens is 2. The molecular weight excluding hydrogens is 224 g/mol. The van der Waals surface area contributed by atoms with Crippen molar-refractivity contribution in [1.29, 1.82) is 0 Å². The SMILES string of the molecule is CCSCC(C)Nc1ncnc(OC)c1N. The molecule has 5 nitrogen and oxygen atoms in total. The normalized spacial score (nSPS) is 12.2. The zero-order valence-corrected chi connectivity index (χ0v) is 10.7. The molecule has 1 unspecified atom stereocenters. The van der Waals surface area contributed by atoms with Crippen LogP contribution in [0.25, 0.3) is 0 Å². The van der Waals surface area contributed by atoms with Crippen molar-refractivity contribution in [2.45, 2.75) is 19.9 Å². The highest BCUT2D eigenvalue weighted by molar-refractivity contribution is 7.99. The zero-order valence-electron chi connectivity index (χ0n) is 9.86. The fraction of sp³-hybridized carbons (Fsp3) is 0.600. The molecule has 0 spiro atoms. The van der Waals surface area contributed by atoms with Gasteiger partial charge in [0.25, 0.3) is 0 Å². The van der Waals surface area contributed by atoms with E-state index in [-0.39, 0.29) is 0 Å². The van der Waals surface area contributed by atoms with Crippen LogP contribution in [0.3, 0.4) is 0 Å². The van der Waals surface area contributed by atoms with Gasteiger partial charge in [-0.2, -0.15) is 16.7 Å². The molecule has 0 aliphatic heterocycles. The van der Waals surface area contributed by atoms with Crippen molar-refractivity contribution in [2.24, 2.45) is 0 Å². The van der Waals surface area contributed by atoms with Crippen molar-refractivity contribution in [1.82, 2.24) is 9.97 Å². The molecular formula is C10H18N4OS. The Bertz CT molecular complexity index is 335. The van der Waals surface area contributed by atoms with Gasteiger partial charge in [-0.3, -0.25) is 0 Å². The van der Waals surface area contributed by atoms with Crippen molar-refractivity contribution < 1.29 is 4.74 Å². The van der Waals surface area contributed by atoms with Gasteiger partial charge in [-0.05, 0) is 12.7 Å². The largest absolute Gasteiger partial charge is 0.479 e. The first kappa shape index (κ1) is 12.9. The number of anilines is 2. The van der Waals surface area contributed by atoms with E-state index in [1.54, 1.807) is 7.11 Å². The van der Waals surface area contributed by atoms with Gasteiger partial charge in [0.15, 0.2) is 5.82 Å². The smallest absolute Gasteiger partial charge is 0.242 e. The number of ether oxygens (including phenoxy) is 1. The number of rotatable bonds is 6. The molecule has 6 heteroatoms. The standard InChI is InChI=1S/C10H18N4OS/c1-4-16-5-7(2)14-9-8(11)10(15-3)13-6-12-9/h6-7H,4-5,11H2,1-3H3,(H,12,13,14). The maximum Gasteiger partial charge on any atom is 0.242 e. The van der Waals surface area contributed by atoms with Crippen LogP contribution in [0.4, 0.5) is 11.5 Å². The highest BCUT2D eigenvalue weighted by atomic mass is 32.2. The van der Waals surface area contributed by atoms with Gasteiger partial charge in [-0.15, -0.1) is 0 Å². The minimum absolute atomic E-state index is 0.312. The van der Waals surface area contributed by atoms with Crippen LogP contribution in [0.1, 0.15) is 13.8 Å². The zero-order chi connectivity index (χ0) is 12.0. The third-order valence-corrected chi connectivity index (χ3v) is 3.14. The van der Waals surface area contributed by atoms with Crippen LogP contribution in [-0.2, 0) is 0 Å². The minimum atomic E-state index is 0.312. The first-order chi connectivity index (χ1) is 7.69. The average Bonchev–Trinajstić information content (AvgIpc) is 2.29. The van der Waals surface area contributed by atoms with E-state index in [1.807, 2.05) is 11.8 Å². The molecule has 1 aromatic heterocycles. The van der Waals surface area contributed by atoms with Gasteiger partial charge in [0, 0.05) is 11.8 Å². The highest BCUT2D eigenvalue weighted by Crippen LogP contribution is 2.24. The predicted octanol–water partition coefficient (Wildman–Crippen LogP) is 1.62. The summed E-state index contributed by atoms with van der Waals surface area (Å²) in [6.45, 7) is 4.23. The Kier molecular flexibility index (Phi) is 5.18. The Morgan fingerprint density at radius 3 is 2.94 bits per heavy atom. The number of nitrogens with zero attached hydrogens (tertiary/aromatic N) is 2. The van der Waals surface area contributed by atoms with Gasteiger partial charge >= 0.3 is 0 Å². The van der Waals surface area contributed by atoms with E-state index in [0.29, 0.717) is 23.4 Å². The summed E-state index contributed by atoms with van der Waals surface area (Å²) in [5, 5.41) is 3.24. The number of methoxy groups -OCH3 is 1. The third-order valence-electron chi connectivity index (χ3n) is 2.00. The molecule has 90 valence electrons. The molecule has 0 radical (unpaired) electrons. The fourth-order valence-corrected chi connectivity index (χ4v) is 1.90. The minimum Gasteiger partial charge on any atom is -0.479 e. The van der Waals surface area contributed by atoms with Gasteiger partial charge in [0.2, 0.25) is 5.88 Å². The maximum atomic E-state index is 5.85. The first-order valence-electron chi connectivity index (χ1n) is 5.17. The summed E-state index contributed by atoms with van der Waals surface area (Å²) in [6, 6.07) is 0.312. The molecule has 0 saturated heterocycles. The van der Waals surface area contributed by atoms with E-state index in [9.17, 15) is 0 Å². The van der Waals surface area contributed by atoms with Crippen molar-refractivity contribution in [3.63, 3.8) is 0 Å². The van der Waals surface area contributed by atoms with Crippen LogP contribution >= 0.6 is 11.8 Å². The van der Waals surface area contributed by atoms with E-state index in [0.717, 1.165) is 11.5 Å². The quantitative estimate of drug-likeness (QED) is 0.789. The van der Waals surface area contributed by atoms with Crippen molar-refractivity contribution in [2.75, 3.05) is 29.7 Å². The Morgan fingerprint density at radius 2 is 2.31 bits per heavy atom. The Balaban J connectivity index is 2.66. The van der Waals surface area contributed by atoms with E-state index in [1.165, 1.54) is 6.33 Å². The summed E-state index contributed by atoms with van der Waals surface area (Å²) >= 11 is 1.87. The second-order valence-corrected chi connectivity index (χ2v) is 4.67. The summed E-state index contributed by atoms with van der Waals surface area (Å²) < 4.78 is 5.03. The van der Waals surface area contributed by atoms with Gasteiger partial charge in [-0.25, -0.2) is 4.98 Å². The van der Waals surface area contributed by atoms with Gasteiger partial charge < -0.3 is 15.8 Å². The van der Waals surface area contributed by atoms with Crippen LogP contribution < -0.4 is 15.8 Å². The molecule has 1 aromatic rings. The lowest BCUT2D eigenvalue weighted by atomic mass is 10.3. The van der Waals surface area contributed by atoms with Gasteiger partial charge in [0.05, 0.1) is 7.11 Å². The molecule has 0 bridgehead atoms. The molecule has 1 heterocycles. The Labute approximate surface area is 100 Å².